The van der Waals surface area contributed by atoms with E-state index in [1.165, 1.54) is 0 Å². The van der Waals surface area contributed by atoms with E-state index < -0.39 is 17.7 Å². The molecule has 0 aromatic heterocycles. The maximum Gasteiger partial charge on any atom is 0.407 e. The predicted octanol–water partition coefficient (Wildman–Crippen LogP) is 3.31. The Morgan fingerprint density at radius 1 is 1.29 bits per heavy atom. The topological polar surface area (TPSA) is 75.6 Å². The molecule has 1 amide bonds. The average Bonchev–Trinajstić information content (AvgIpc) is 2.36. The highest BCUT2D eigenvalue weighted by Gasteiger charge is 2.15. The Hall–Kier alpha value is -2.30. The molecule has 0 aliphatic heterocycles. The van der Waals surface area contributed by atoms with Crippen LogP contribution in [0.2, 0.25) is 0 Å². The van der Waals surface area contributed by atoms with Gasteiger partial charge in [0.2, 0.25) is 0 Å². The quantitative estimate of drug-likeness (QED) is 0.816. The molecule has 0 saturated heterocycles. The van der Waals surface area contributed by atoms with Crippen LogP contribution in [0.1, 0.15) is 43.1 Å². The van der Waals surface area contributed by atoms with Crippen molar-refractivity contribution in [3.05, 3.63) is 41.5 Å². The van der Waals surface area contributed by atoms with Gasteiger partial charge >= 0.3 is 12.1 Å². The summed E-state index contributed by atoms with van der Waals surface area (Å²) < 4.78 is 5.10. The zero-order chi connectivity index (χ0) is 15.9. The lowest BCUT2D eigenvalue weighted by atomic mass is 10.1. The van der Waals surface area contributed by atoms with E-state index >= 15 is 0 Å². The van der Waals surface area contributed by atoms with Crippen LogP contribution < -0.4 is 5.32 Å². The van der Waals surface area contributed by atoms with Gasteiger partial charge in [-0.15, -0.1) is 0 Å². The minimum absolute atomic E-state index is 0.258. The lowest BCUT2D eigenvalue weighted by Crippen LogP contribution is -2.32. The maximum atomic E-state index is 11.4. The van der Waals surface area contributed by atoms with Gasteiger partial charge in [-0.2, -0.15) is 0 Å². The molecule has 1 rings (SSSR count). The summed E-state index contributed by atoms with van der Waals surface area (Å²) in [5.41, 5.74) is 0.386. The highest BCUT2D eigenvalue weighted by molar-refractivity contribution is 5.92. The fraction of sp³-hybridized carbons (Fsp3) is 0.375. The molecule has 0 fully saturated rings. The van der Waals surface area contributed by atoms with E-state index in [1.807, 2.05) is 6.08 Å². The van der Waals surface area contributed by atoms with Crippen molar-refractivity contribution in [3.63, 3.8) is 0 Å². The van der Waals surface area contributed by atoms with E-state index in [-0.39, 0.29) is 5.56 Å². The minimum atomic E-state index is -0.956. The largest absolute Gasteiger partial charge is 0.478 e. The van der Waals surface area contributed by atoms with E-state index in [0.717, 1.165) is 0 Å². The molecular formula is C16H21NO4. The van der Waals surface area contributed by atoms with Crippen molar-refractivity contribution in [2.24, 2.45) is 0 Å². The van der Waals surface area contributed by atoms with Crippen LogP contribution in [0.4, 0.5) is 4.79 Å². The van der Waals surface area contributed by atoms with Crippen LogP contribution in [0.3, 0.4) is 0 Å². The van der Waals surface area contributed by atoms with Crippen LogP contribution in [0, 0.1) is 0 Å². The number of nitrogens with one attached hydrogen (secondary N) is 1. The van der Waals surface area contributed by atoms with Gasteiger partial charge in [0, 0.05) is 6.54 Å². The zero-order valence-electron chi connectivity index (χ0n) is 12.6. The summed E-state index contributed by atoms with van der Waals surface area (Å²) in [6, 6.07) is 6.76. The summed E-state index contributed by atoms with van der Waals surface area (Å²) in [5.74, 6) is -0.956. The average molecular weight is 291 g/mol. The SMILES string of the molecule is CC(C)(C)OC(=O)NCCC=Cc1ccccc1C(=O)O. The van der Waals surface area contributed by atoms with Crippen molar-refractivity contribution < 1.29 is 19.4 Å². The molecule has 2 N–H and O–H groups in total. The Morgan fingerprint density at radius 2 is 1.95 bits per heavy atom. The van der Waals surface area contributed by atoms with Gasteiger partial charge in [-0.05, 0) is 38.8 Å². The number of hydrogen-bond donors (Lipinski definition) is 2. The monoisotopic (exact) mass is 291 g/mol. The molecule has 0 spiro atoms. The smallest absolute Gasteiger partial charge is 0.407 e. The maximum absolute atomic E-state index is 11.4. The molecule has 114 valence electrons. The minimum Gasteiger partial charge on any atom is -0.478 e. The number of carboxylic acids is 1. The Morgan fingerprint density at radius 3 is 2.57 bits per heavy atom. The molecule has 21 heavy (non-hydrogen) atoms. The molecular weight excluding hydrogens is 270 g/mol. The number of benzene rings is 1. The van der Waals surface area contributed by atoms with Crippen LogP contribution in [0.5, 0.6) is 0 Å². The van der Waals surface area contributed by atoms with Gasteiger partial charge in [-0.25, -0.2) is 9.59 Å². The number of ether oxygens (including phenoxy) is 1. The molecule has 1 aromatic carbocycles. The van der Waals surface area contributed by atoms with E-state index in [0.29, 0.717) is 18.5 Å². The molecule has 0 unspecified atom stereocenters. The lowest BCUT2D eigenvalue weighted by molar-refractivity contribution is 0.0528. The van der Waals surface area contributed by atoms with Gasteiger partial charge in [0.05, 0.1) is 5.56 Å². The number of carbonyl (C=O) groups is 2. The first kappa shape index (κ1) is 16.8. The summed E-state index contributed by atoms with van der Waals surface area (Å²) in [6.45, 7) is 5.83. The number of amides is 1. The summed E-state index contributed by atoms with van der Waals surface area (Å²) in [7, 11) is 0. The molecule has 0 saturated carbocycles. The van der Waals surface area contributed by atoms with Crippen LogP contribution in [-0.4, -0.2) is 29.3 Å². The molecule has 0 radical (unpaired) electrons. The summed E-state index contributed by atoms with van der Waals surface area (Å²) in [4.78, 5) is 22.4. The van der Waals surface area contributed by atoms with Crippen molar-refractivity contribution in [3.8, 4) is 0 Å². The lowest BCUT2D eigenvalue weighted by Gasteiger charge is -2.19. The first-order valence-electron chi connectivity index (χ1n) is 6.75. The second-order valence-electron chi connectivity index (χ2n) is 5.51. The van der Waals surface area contributed by atoms with Crippen LogP contribution >= 0.6 is 0 Å². The number of aromatic carboxylic acids is 1. The molecule has 5 nitrogen and oxygen atoms in total. The first-order valence-corrected chi connectivity index (χ1v) is 6.75. The van der Waals surface area contributed by atoms with Gasteiger partial charge in [0.1, 0.15) is 5.60 Å². The predicted molar refractivity (Wildman–Crippen MR) is 81.3 cm³/mol. The van der Waals surface area contributed by atoms with Crippen molar-refractivity contribution in [2.75, 3.05) is 6.54 Å². The normalized spacial score (nSPS) is 11.4. The number of rotatable bonds is 5. The first-order chi connectivity index (χ1) is 9.79. The zero-order valence-corrected chi connectivity index (χ0v) is 12.6. The molecule has 0 bridgehead atoms. The van der Waals surface area contributed by atoms with Crippen LogP contribution in [0.15, 0.2) is 30.3 Å². The van der Waals surface area contributed by atoms with Gasteiger partial charge in [0.25, 0.3) is 0 Å². The standard InChI is InChI=1S/C16H21NO4/c1-16(2,3)21-15(20)17-11-7-6-9-12-8-4-5-10-13(12)14(18)19/h4-6,8-10H,7,11H2,1-3H3,(H,17,20)(H,18,19). The van der Waals surface area contributed by atoms with Crippen LogP contribution in [-0.2, 0) is 4.74 Å². The van der Waals surface area contributed by atoms with Crippen LogP contribution in [0.25, 0.3) is 6.08 Å². The Balaban J connectivity index is 2.43. The summed E-state index contributed by atoms with van der Waals surface area (Å²) in [5, 5.41) is 11.7. The molecule has 0 heterocycles. The third-order valence-electron chi connectivity index (χ3n) is 2.47. The molecule has 5 heteroatoms. The van der Waals surface area contributed by atoms with Crippen molar-refractivity contribution in [2.45, 2.75) is 32.8 Å². The van der Waals surface area contributed by atoms with Crippen molar-refractivity contribution >= 4 is 18.1 Å². The second-order valence-corrected chi connectivity index (χ2v) is 5.51. The van der Waals surface area contributed by atoms with Gasteiger partial charge in [-0.1, -0.05) is 30.4 Å². The number of hydrogen-bond acceptors (Lipinski definition) is 3. The molecule has 0 atom stereocenters. The Bertz CT molecular complexity index is 529. The molecule has 1 aromatic rings. The third-order valence-corrected chi connectivity index (χ3v) is 2.47. The van der Waals surface area contributed by atoms with Crippen molar-refractivity contribution in [1.82, 2.24) is 5.32 Å². The Labute approximate surface area is 124 Å². The number of alkyl carbamates (subject to hydrolysis) is 1. The summed E-state index contributed by atoms with van der Waals surface area (Å²) >= 11 is 0. The van der Waals surface area contributed by atoms with Gasteiger partial charge in [0.15, 0.2) is 0 Å². The third kappa shape index (κ3) is 6.61. The Kier molecular flexibility index (Phi) is 5.96. The van der Waals surface area contributed by atoms with Gasteiger partial charge < -0.3 is 15.2 Å². The fourth-order valence-corrected chi connectivity index (χ4v) is 1.62. The van der Waals surface area contributed by atoms with Crippen molar-refractivity contribution in [1.29, 1.82) is 0 Å². The van der Waals surface area contributed by atoms with E-state index in [2.05, 4.69) is 5.32 Å². The van der Waals surface area contributed by atoms with E-state index in [9.17, 15) is 9.59 Å². The van der Waals surface area contributed by atoms with E-state index in [4.69, 9.17) is 9.84 Å². The highest BCUT2D eigenvalue weighted by atomic mass is 16.6. The number of carbonyl (C=O) groups excluding carboxylic acids is 1. The number of carboxylic acid groups (broad SMARTS) is 1. The fourth-order valence-electron chi connectivity index (χ4n) is 1.62. The van der Waals surface area contributed by atoms with E-state index in [1.54, 1.807) is 51.1 Å². The summed E-state index contributed by atoms with van der Waals surface area (Å²) in [6.07, 6.45) is 3.69. The second kappa shape index (κ2) is 7.47. The molecule has 0 aliphatic carbocycles. The molecule has 0 aliphatic rings. The highest BCUT2D eigenvalue weighted by Crippen LogP contribution is 2.11. The van der Waals surface area contributed by atoms with Gasteiger partial charge in [-0.3, -0.25) is 0 Å².